The Balaban J connectivity index is 2.00. The lowest BCUT2D eigenvalue weighted by Gasteiger charge is -2.12. The van der Waals surface area contributed by atoms with Crippen molar-refractivity contribution < 1.29 is 0 Å². The Hall–Kier alpha value is -2.95. The van der Waals surface area contributed by atoms with E-state index in [1.165, 1.54) is 0 Å². The van der Waals surface area contributed by atoms with E-state index in [9.17, 15) is 4.79 Å². The van der Waals surface area contributed by atoms with Gasteiger partial charge in [-0.25, -0.2) is 10.4 Å². The third kappa shape index (κ3) is 3.76. The Morgan fingerprint density at radius 3 is 2.60 bits per heavy atom. The van der Waals surface area contributed by atoms with Gasteiger partial charge >= 0.3 is 0 Å². The summed E-state index contributed by atoms with van der Waals surface area (Å²) in [4.78, 5) is 17.4. The maximum atomic E-state index is 12.8. The van der Waals surface area contributed by atoms with Gasteiger partial charge in [-0.15, -0.1) is 0 Å². The van der Waals surface area contributed by atoms with Crippen LogP contribution in [0.4, 0.5) is 5.95 Å². The SMILES string of the molecule is CCCCn1c(N/N=C(\C)c2ccccc2)nc2ccccc2c1=O. The number of anilines is 1. The lowest BCUT2D eigenvalue weighted by molar-refractivity contribution is 0.614. The topological polar surface area (TPSA) is 59.3 Å². The van der Waals surface area contributed by atoms with Crippen LogP contribution in [0.3, 0.4) is 0 Å². The maximum Gasteiger partial charge on any atom is 0.262 e. The normalized spacial score (nSPS) is 11.7. The van der Waals surface area contributed by atoms with E-state index >= 15 is 0 Å². The van der Waals surface area contributed by atoms with Gasteiger partial charge < -0.3 is 0 Å². The first-order valence-electron chi connectivity index (χ1n) is 8.56. The molecule has 0 saturated carbocycles. The van der Waals surface area contributed by atoms with Crippen molar-refractivity contribution in [2.24, 2.45) is 5.10 Å². The summed E-state index contributed by atoms with van der Waals surface area (Å²) in [5, 5.41) is 5.06. The molecule has 0 aliphatic rings. The van der Waals surface area contributed by atoms with Crippen LogP contribution in [0.1, 0.15) is 32.3 Å². The summed E-state index contributed by atoms with van der Waals surface area (Å²) in [6, 6.07) is 17.3. The largest absolute Gasteiger partial charge is 0.277 e. The van der Waals surface area contributed by atoms with Crippen molar-refractivity contribution in [3.05, 3.63) is 70.5 Å². The molecule has 3 aromatic rings. The van der Waals surface area contributed by atoms with Crippen molar-refractivity contribution in [1.82, 2.24) is 9.55 Å². The predicted octanol–water partition coefficient (Wildman–Crippen LogP) is 4.03. The van der Waals surface area contributed by atoms with Crippen LogP contribution in [0, 0.1) is 0 Å². The summed E-state index contributed by atoms with van der Waals surface area (Å²) in [5.74, 6) is 0.479. The highest BCUT2D eigenvalue weighted by molar-refractivity contribution is 5.99. The van der Waals surface area contributed by atoms with E-state index in [4.69, 9.17) is 0 Å². The molecule has 2 aromatic carbocycles. The van der Waals surface area contributed by atoms with E-state index < -0.39 is 0 Å². The molecule has 0 spiro atoms. The molecule has 0 radical (unpaired) electrons. The number of rotatable bonds is 6. The first kappa shape index (κ1) is 16.9. The van der Waals surface area contributed by atoms with E-state index in [0.29, 0.717) is 23.4 Å². The summed E-state index contributed by atoms with van der Waals surface area (Å²) in [5.41, 5.74) is 5.50. The molecule has 0 aliphatic carbocycles. The summed E-state index contributed by atoms with van der Waals surface area (Å²) >= 11 is 0. The average Bonchev–Trinajstić information content (AvgIpc) is 2.66. The molecule has 5 heteroatoms. The molecule has 1 aromatic heterocycles. The molecule has 128 valence electrons. The van der Waals surface area contributed by atoms with Crippen LogP contribution in [0.2, 0.25) is 0 Å². The summed E-state index contributed by atoms with van der Waals surface area (Å²) < 4.78 is 1.67. The number of hydrazone groups is 1. The van der Waals surface area contributed by atoms with Crippen LogP contribution < -0.4 is 11.0 Å². The zero-order valence-electron chi connectivity index (χ0n) is 14.6. The van der Waals surface area contributed by atoms with Crippen LogP contribution in [0.25, 0.3) is 10.9 Å². The first-order valence-corrected chi connectivity index (χ1v) is 8.56. The predicted molar refractivity (Wildman–Crippen MR) is 103 cm³/mol. The lowest BCUT2D eigenvalue weighted by atomic mass is 10.1. The summed E-state index contributed by atoms with van der Waals surface area (Å²) in [7, 11) is 0. The van der Waals surface area contributed by atoms with E-state index in [0.717, 1.165) is 24.1 Å². The Bertz CT molecular complexity index is 945. The zero-order valence-corrected chi connectivity index (χ0v) is 14.6. The third-order valence-corrected chi connectivity index (χ3v) is 4.11. The third-order valence-electron chi connectivity index (χ3n) is 4.11. The van der Waals surface area contributed by atoms with Crippen molar-refractivity contribution in [1.29, 1.82) is 0 Å². The van der Waals surface area contributed by atoms with Crippen molar-refractivity contribution in [3.8, 4) is 0 Å². The van der Waals surface area contributed by atoms with E-state index in [1.807, 2.05) is 61.5 Å². The molecular weight excluding hydrogens is 312 g/mol. The molecule has 25 heavy (non-hydrogen) atoms. The van der Waals surface area contributed by atoms with Gasteiger partial charge in [-0.05, 0) is 31.0 Å². The molecule has 3 rings (SSSR count). The number of unbranched alkanes of at least 4 members (excludes halogenated alkanes) is 1. The van der Waals surface area contributed by atoms with Crippen LogP contribution in [-0.2, 0) is 6.54 Å². The minimum absolute atomic E-state index is 0.0332. The maximum absolute atomic E-state index is 12.8. The van der Waals surface area contributed by atoms with Crippen LogP contribution >= 0.6 is 0 Å². The van der Waals surface area contributed by atoms with Crippen molar-refractivity contribution in [2.45, 2.75) is 33.2 Å². The minimum atomic E-state index is -0.0332. The highest BCUT2D eigenvalue weighted by Gasteiger charge is 2.10. The van der Waals surface area contributed by atoms with Gasteiger partial charge in [-0.2, -0.15) is 5.10 Å². The lowest BCUT2D eigenvalue weighted by Crippen LogP contribution is -2.24. The van der Waals surface area contributed by atoms with Gasteiger partial charge in [0.25, 0.3) is 5.56 Å². The van der Waals surface area contributed by atoms with Gasteiger partial charge in [-0.1, -0.05) is 55.8 Å². The molecule has 0 unspecified atom stereocenters. The number of hydrogen-bond acceptors (Lipinski definition) is 4. The number of hydrogen-bond donors (Lipinski definition) is 1. The Morgan fingerprint density at radius 1 is 1.12 bits per heavy atom. The Kier molecular flexibility index (Phi) is 5.23. The van der Waals surface area contributed by atoms with E-state index in [2.05, 4.69) is 22.4 Å². The second kappa shape index (κ2) is 7.75. The second-order valence-electron chi connectivity index (χ2n) is 5.94. The van der Waals surface area contributed by atoms with Gasteiger partial charge in [0, 0.05) is 6.54 Å². The van der Waals surface area contributed by atoms with Gasteiger partial charge in [0.1, 0.15) is 0 Å². The Labute approximate surface area is 147 Å². The van der Waals surface area contributed by atoms with E-state index in [1.54, 1.807) is 4.57 Å². The van der Waals surface area contributed by atoms with Crippen molar-refractivity contribution in [2.75, 3.05) is 5.43 Å². The molecule has 0 bridgehead atoms. The summed E-state index contributed by atoms with van der Waals surface area (Å²) in [6.45, 7) is 4.65. The number of fused-ring (bicyclic) bond motifs is 1. The number of nitrogens with zero attached hydrogens (tertiary/aromatic N) is 3. The minimum Gasteiger partial charge on any atom is -0.277 e. The molecule has 5 nitrogen and oxygen atoms in total. The Morgan fingerprint density at radius 2 is 1.84 bits per heavy atom. The number of benzene rings is 2. The quantitative estimate of drug-likeness (QED) is 0.547. The molecule has 0 amide bonds. The van der Waals surface area contributed by atoms with Gasteiger partial charge in [0.15, 0.2) is 0 Å². The fraction of sp³-hybridized carbons (Fsp3) is 0.250. The highest BCUT2D eigenvalue weighted by atomic mass is 16.1. The molecular formula is C20H22N4O. The highest BCUT2D eigenvalue weighted by Crippen LogP contribution is 2.12. The van der Waals surface area contributed by atoms with Crippen molar-refractivity contribution in [3.63, 3.8) is 0 Å². The fourth-order valence-electron chi connectivity index (χ4n) is 2.65. The average molecular weight is 334 g/mol. The standard InChI is InChI=1S/C20H22N4O/c1-3-4-14-24-19(25)17-12-8-9-13-18(17)21-20(24)23-22-15(2)16-10-6-5-7-11-16/h5-13H,3-4,14H2,1-2H3,(H,21,23)/b22-15+. The molecule has 1 heterocycles. The molecule has 0 aliphatic heterocycles. The monoisotopic (exact) mass is 334 g/mol. The van der Waals surface area contributed by atoms with Gasteiger partial charge in [0.2, 0.25) is 5.95 Å². The van der Waals surface area contributed by atoms with Gasteiger partial charge in [-0.3, -0.25) is 9.36 Å². The fourth-order valence-corrected chi connectivity index (χ4v) is 2.65. The molecule has 1 N–H and O–H groups in total. The molecule has 0 fully saturated rings. The van der Waals surface area contributed by atoms with Crippen molar-refractivity contribution >= 4 is 22.6 Å². The van der Waals surface area contributed by atoms with Gasteiger partial charge in [0.05, 0.1) is 16.6 Å². The second-order valence-corrected chi connectivity index (χ2v) is 5.94. The molecule has 0 atom stereocenters. The van der Waals surface area contributed by atoms with Crippen LogP contribution in [-0.4, -0.2) is 15.3 Å². The number of para-hydroxylation sites is 1. The summed E-state index contributed by atoms with van der Waals surface area (Å²) in [6.07, 6.45) is 1.92. The first-order chi connectivity index (χ1) is 12.2. The number of nitrogens with one attached hydrogen (secondary N) is 1. The van der Waals surface area contributed by atoms with E-state index in [-0.39, 0.29) is 5.56 Å². The zero-order chi connectivity index (χ0) is 17.6. The number of aromatic nitrogens is 2. The van der Waals surface area contributed by atoms with Crippen LogP contribution in [0.15, 0.2) is 64.5 Å². The van der Waals surface area contributed by atoms with Crippen LogP contribution in [0.5, 0.6) is 0 Å². The smallest absolute Gasteiger partial charge is 0.262 e. The molecule has 0 saturated heterocycles.